The van der Waals surface area contributed by atoms with Gasteiger partial charge in [0.05, 0.1) is 23.3 Å². The Hall–Kier alpha value is -2.72. The smallest absolute Gasteiger partial charge is 0.408 e. The summed E-state index contributed by atoms with van der Waals surface area (Å²) in [4.78, 5) is 30.6. The number of hydrogen-bond acceptors (Lipinski definition) is 6. The first-order valence-electron chi connectivity index (χ1n) is 14.5. The molecular formula is C30H49N5O4Si. The number of amides is 2. The molecule has 2 heterocycles. The zero-order valence-corrected chi connectivity index (χ0v) is 26.9. The third-order valence-electron chi connectivity index (χ3n) is 7.37. The summed E-state index contributed by atoms with van der Waals surface area (Å²) in [5.74, 6) is 0.432. The van der Waals surface area contributed by atoms with Gasteiger partial charge in [-0.3, -0.25) is 9.78 Å². The van der Waals surface area contributed by atoms with Gasteiger partial charge in [-0.25, -0.2) is 9.48 Å². The minimum atomic E-state index is -1.14. The van der Waals surface area contributed by atoms with E-state index in [-0.39, 0.29) is 11.8 Å². The lowest BCUT2D eigenvalue weighted by atomic mass is 9.79. The molecule has 1 atom stereocenters. The molecule has 10 heteroatoms. The van der Waals surface area contributed by atoms with Crippen LogP contribution in [0.25, 0.3) is 11.3 Å². The molecule has 222 valence electrons. The molecule has 1 aliphatic rings. The third-order valence-corrected chi connectivity index (χ3v) is 9.07. The largest absolute Gasteiger partial charge is 0.444 e. The fraction of sp³-hybridized carbons (Fsp3) is 0.667. The molecule has 0 aromatic carbocycles. The lowest BCUT2D eigenvalue weighted by molar-refractivity contribution is -0.119. The number of ether oxygens (including phenoxy) is 2. The molecule has 1 saturated carbocycles. The van der Waals surface area contributed by atoms with Crippen molar-refractivity contribution in [1.29, 1.82) is 0 Å². The van der Waals surface area contributed by atoms with Crippen LogP contribution in [-0.2, 0) is 21.0 Å². The van der Waals surface area contributed by atoms with Crippen LogP contribution in [0.15, 0.2) is 18.3 Å². The highest BCUT2D eigenvalue weighted by Gasteiger charge is 2.34. The summed E-state index contributed by atoms with van der Waals surface area (Å²) < 4.78 is 13.2. The van der Waals surface area contributed by atoms with Gasteiger partial charge in [-0.1, -0.05) is 39.4 Å². The molecule has 2 amide bonds. The van der Waals surface area contributed by atoms with Gasteiger partial charge in [0.1, 0.15) is 18.4 Å². The number of nitrogens with zero attached hydrogens (tertiary/aromatic N) is 3. The van der Waals surface area contributed by atoms with Crippen molar-refractivity contribution in [2.45, 2.75) is 111 Å². The second-order valence-corrected chi connectivity index (χ2v) is 19.1. The molecule has 2 aromatic heterocycles. The maximum absolute atomic E-state index is 13.4. The van der Waals surface area contributed by atoms with Crippen molar-refractivity contribution in [2.75, 3.05) is 11.9 Å². The van der Waals surface area contributed by atoms with Gasteiger partial charge in [0.2, 0.25) is 5.91 Å². The number of hydrogen-bond donors (Lipinski definition) is 2. The average Bonchev–Trinajstić information content (AvgIpc) is 3.12. The quantitative estimate of drug-likeness (QED) is 0.248. The van der Waals surface area contributed by atoms with Gasteiger partial charge in [0.25, 0.3) is 0 Å². The van der Waals surface area contributed by atoms with Crippen LogP contribution in [0.2, 0.25) is 25.7 Å². The maximum Gasteiger partial charge on any atom is 0.408 e. The molecule has 0 bridgehead atoms. The van der Waals surface area contributed by atoms with E-state index in [0.717, 1.165) is 61.0 Å². The number of rotatable bonds is 10. The fourth-order valence-corrected chi connectivity index (χ4v) is 5.77. The first-order chi connectivity index (χ1) is 18.6. The molecule has 3 rings (SSSR count). The molecule has 2 aromatic rings. The molecule has 0 unspecified atom stereocenters. The van der Waals surface area contributed by atoms with Gasteiger partial charge in [-0.05, 0) is 77.5 Å². The van der Waals surface area contributed by atoms with E-state index in [0.29, 0.717) is 18.3 Å². The Bertz CT molecular complexity index is 1140. The van der Waals surface area contributed by atoms with Crippen molar-refractivity contribution in [3.05, 3.63) is 29.7 Å². The Morgan fingerprint density at radius 2 is 1.80 bits per heavy atom. The van der Waals surface area contributed by atoms with E-state index in [1.54, 1.807) is 6.20 Å². The van der Waals surface area contributed by atoms with Crippen LogP contribution >= 0.6 is 0 Å². The average molecular weight is 572 g/mol. The topological polar surface area (TPSA) is 107 Å². The lowest BCUT2D eigenvalue weighted by Gasteiger charge is -2.33. The van der Waals surface area contributed by atoms with E-state index in [1.807, 2.05) is 51.4 Å². The predicted molar refractivity (Wildman–Crippen MR) is 162 cm³/mol. The van der Waals surface area contributed by atoms with Gasteiger partial charge in [-0.15, -0.1) is 0 Å². The number of nitrogens with one attached hydrogen (secondary N) is 2. The Morgan fingerprint density at radius 3 is 2.38 bits per heavy atom. The van der Waals surface area contributed by atoms with Crippen LogP contribution in [0, 0.1) is 25.7 Å². The summed E-state index contributed by atoms with van der Waals surface area (Å²) in [5.41, 5.74) is 3.55. The summed E-state index contributed by atoms with van der Waals surface area (Å²) in [5, 5.41) is 10.5. The van der Waals surface area contributed by atoms with Crippen molar-refractivity contribution >= 4 is 25.8 Å². The monoisotopic (exact) mass is 571 g/mol. The highest BCUT2D eigenvalue weighted by atomic mass is 28.3. The SMILES string of the molecule is Cc1nn(COCC[Si](C)(C)C)c(C)c1-c1ccc(NC(=O)[C@@H](NC(=O)OC(C)(C)C)C2CCC(C)CC2)cn1. The zero-order chi connectivity index (χ0) is 29.7. The van der Waals surface area contributed by atoms with E-state index in [9.17, 15) is 9.59 Å². The summed E-state index contributed by atoms with van der Waals surface area (Å²) in [7, 11) is -1.14. The number of aromatic nitrogens is 3. The van der Waals surface area contributed by atoms with Gasteiger partial charge in [-0.2, -0.15) is 5.10 Å². The lowest BCUT2D eigenvalue weighted by Crippen LogP contribution is -2.50. The minimum absolute atomic E-state index is 0.0556. The van der Waals surface area contributed by atoms with Crippen LogP contribution < -0.4 is 10.6 Å². The number of pyridine rings is 1. The Labute approximate surface area is 240 Å². The van der Waals surface area contributed by atoms with Gasteiger partial charge in [0.15, 0.2) is 0 Å². The van der Waals surface area contributed by atoms with Crippen LogP contribution in [0.3, 0.4) is 0 Å². The van der Waals surface area contributed by atoms with Crippen molar-refractivity contribution in [2.24, 2.45) is 11.8 Å². The second kappa shape index (κ2) is 13.3. The Kier molecular flexibility index (Phi) is 10.6. The molecule has 9 nitrogen and oxygen atoms in total. The van der Waals surface area contributed by atoms with Crippen molar-refractivity contribution < 1.29 is 19.1 Å². The third kappa shape index (κ3) is 9.44. The molecule has 1 fully saturated rings. The van der Waals surface area contributed by atoms with Crippen LogP contribution in [0.1, 0.15) is 64.8 Å². The second-order valence-electron chi connectivity index (χ2n) is 13.5. The fourth-order valence-electron chi connectivity index (χ4n) is 5.01. The van der Waals surface area contributed by atoms with E-state index in [2.05, 4.69) is 47.3 Å². The number of carbonyl (C=O) groups excluding carboxylic acids is 2. The highest BCUT2D eigenvalue weighted by Crippen LogP contribution is 2.31. The number of carbonyl (C=O) groups is 2. The number of alkyl carbamates (subject to hydrolysis) is 1. The first kappa shape index (κ1) is 31.8. The van der Waals surface area contributed by atoms with Crippen LogP contribution in [0.4, 0.5) is 10.5 Å². The maximum atomic E-state index is 13.4. The van der Waals surface area contributed by atoms with Crippen LogP contribution in [-0.4, -0.2) is 53.1 Å². The number of anilines is 1. The molecule has 0 spiro atoms. The van der Waals surface area contributed by atoms with Crippen molar-refractivity contribution in [3.63, 3.8) is 0 Å². The van der Waals surface area contributed by atoms with Gasteiger partial charge < -0.3 is 20.1 Å². The van der Waals surface area contributed by atoms with Crippen molar-refractivity contribution in [1.82, 2.24) is 20.1 Å². The van der Waals surface area contributed by atoms with Gasteiger partial charge in [0, 0.05) is 25.9 Å². The van der Waals surface area contributed by atoms with E-state index >= 15 is 0 Å². The van der Waals surface area contributed by atoms with E-state index < -0.39 is 25.8 Å². The molecule has 0 aliphatic heterocycles. The molecule has 2 N–H and O–H groups in total. The minimum Gasteiger partial charge on any atom is -0.444 e. The standard InChI is InChI=1S/C30H49N5O4Si/c1-20-10-12-23(13-11-20)27(33-29(37)39-30(4,5)6)28(36)32-24-14-15-25(31-18-24)26-21(2)34-35(22(26)3)19-38-16-17-40(7,8)9/h14-15,18,20,23,27H,10-13,16-17,19H2,1-9H3,(H,32,36)(H,33,37)/t20?,23?,27-/m0/s1. The molecule has 0 saturated heterocycles. The zero-order valence-electron chi connectivity index (χ0n) is 25.9. The summed E-state index contributed by atoms with van der Waals surface area (Å²) >= 11 is 0. The van der Waals surface area contributed by atoms with E-state index in [1.165, 1.54) is 0 Å². The first-order valence-corrected chi connectivity index (χ1v) is 18.2. The van der Waals surface area contributed by atoms with Crippen LogP contribution in [0.5, 0.6) is 0 Å². The predicted octanol–water partition coefficient (Wildman–Crippen LogP) is 6.53. The Balaban J connectivity index is 1.69. The Morgan fingerprint density at radius 1 is 1.12 bits per heavy atom. The van der Waals surface area contributed by atoms with Crippen molar-refractivity contribution in [3.8, 4) is 11.3 Å². The molecule has 1 aliphatic carbocycles. The number of aryl methyl sites for hydroxylation is 1. The summed E-state index contributed by atoms with van der Waals surface area (Å²) in [6.07, 6.45) is 4.92. The summed E-state index contributed by atoms with van der Waals surface area (Å²) in [6, 6.07) is 4.17. The molecule has 40 heavy (non-hydrogen) atoms. The van der Waals surface area contributed by atoms with E-state index in [4.69, 9.17) is 9.47 Å². The molecular weight excluding hydrogens is 522 g/mol. The molecule has 0 radical (unpaired) electrons. The summed E-state index contributed by atoms with van der Waals surface area (Å²) in [6.45, 7) is 19.8. The normalized spacial score (nSPS) is 18.7. The van der Waals surface area contributed by atoms with Gasteiger partial charge >= 0.3 is 6.09 Å². The highest BCUT2D eigenvalue weighted by molar-refractivity contribution is 6.76.